The lowest BCUT2D eigenvalue weighted by Crippen LogP contribution is -2.41. The van der Waals surface area contributed by atoms with Gasteiger partial charge in [-0.25, -0.2) is 14.6 Å². The zero-order valence-corrected chi connectivity index (χ0v) is 12.6. The molecule has 1 saturated heterocycles. The van der Waals surface area contributed by atoms with Gasteiger partial charge in [0.25, 0.3) is 0 Å². The molecule has 20 heavy (non-hydrogen) atoms. The Morgan fingerprint density at radius 2 is 2.35 bits per heavy atom. The normalized spacial score (nSPS) is 21.6. The maximum atomic E-state index is 4.43. The van der Waals surface area contributed by atoms with E-state index in [9.17, 15) is 0 Å². The highest BCUT2D eigenvalue weighted by atomic mass is 32.2. The molecule has 2 aromatic rings. The lowest BCUT2D eigenvalue weighted by Gasteiger charge is -2.39. The first-order chi connectivity index (χ1) is 9.67. The smallest absolute Gasteiger partial charge is 0.178 e. The van der Waals surface area contributed by atoms with Gasteiger partial charge in [0.05, 0.1) is 5.69 Å². The van der Waals surface area contributed by atoms with Crippen LogP contribution in [0.25, 0.3) is 5.82 Å². The first kappa shape index (κ1) is 13.4. The molecule has 6 heteroatoms. The predicted octanol–water partition coefficient (Wildman–Crippen LogP) is 2.61. The Balaban J connectivity index is 1.88. The van der Waals surface area contributed by atoms with E-state index in [0.717, 1.165) is 17.3 Å². The molecule has 0 aromatic carbocycles. The number of nitrogens with one attached hydrogen (secondary N) is 1. The van der Waals surface area contributed by atoms with E-state index in [1.165, 1.54) is 18.5 Å². The topological polar surface area (TPSA) is 55.6 Å². The third-order valence-electron chi connectivity index (χ3n) is 3.87. The van der Waals surface area contributed by atoms with E-state index in [1.54, 1.807) is 17.2 Å². The Morgan fingerprint density at radius 1 is 1.45 bits per heavy atom. The van der Waals surface area contributed by atoms with Crippen LogP contribution in [0.3, 0.4) is 0 Å². The first-order valence-electron chi connectivity index (χ1n) is 6.81. The highest BCUT2D eigenvalue weighted by Crippen LogP contribution is 2.36. The summed E-state index contributed by atoms with van der Waals surface area (Å²) in [4.78, 5) is 8.42. The Kier molecular flexibility index (Phi) is 3.65. The fourth-order valence-electron chi connectivity index (χ4n) is 2.37. The van der Waals surface area contributed by atoms with Gasteiger partial charge in [0.15, 0.2) is 5.82 Å². The minimum atomic E-state index is 0.292. The van der Waals surface area contributed by atoms with Crippen molar-refractivity contribution in [3.05, 3.63) is 31.0 Å². The maximum Gasteiger partial charge on any atom is 0.178 e. The van der Waals surface area contributed by atoms with Crippen molar-refractivity contribution < 1.29 is 0 Å². The fourth-order valence-corrected chi connectivity index (χ4v) is 3.98. The van der Waals surface area contributed by atoms with Gasteiger partial charge in [-0.05, 0) is 29.7 Å². The van der Waals surface area contributed by atoms with Crippen molar-refractivity contribution in [2.45, 2.75) is 26.3 Å². The quantitative estimate of drug-likeness (QED) is 0.941. The van der Waals surface area contributed by atoms with Crippen molar-refractivity contribution in [3.8, 4) is 5.82 Å². The second-order valence-electron chi connectivity index (χ2n) is 5.73. The Labute approximate surface area is 123 Å². The zero-order chi connectivity index (χ0) is 14.0. The van der Waals surface area contributed by atoms with Crippen LogP contribution in [-0.4, -0.2) is 37.3 Å². The van der Waals surface area contributed by atoms with Crippen LogP contribution in [0.5, 0.6) is 0 Å². The molecule has 0 radical (unpaired) electrons. The summed E-state index contributed by atoms with van der Waals surface area (Å²) in [5, 5.41) is 7.83. The van der Waals surface area contributed by atoms with Crippen molar-refractivity contribution >= 4 is 17.4 Å². The average molecular weight is 289 g/mol. The van der Waals surface area contributed by atoms with Crippen molar-refractivity contribution in [3.63, 3.8) is 0 Å². The summed E-state index contributed by atoms with van der Waals surface area (Å²) in [6.07, 6.45) is 6.21. The molecule has 2 aromatic heterocycles. The summed E-state index contributed by atoms with van der Waals surface area (Å²) in [5.41, 5.74) is 1.30. The van der Waals surface area contributed by atoms with Crippen LogP contribution in [-0.2, 0) is 0 Å². The number of anilines is 1. The molecule has 0 spiro atoms. The van der Waals surface area contributed by atoms with Crippen molar-refractivity contribution in [1.29, 1.82) is 0 Å². The van der Waals surface area contributed by atoms with Gasteiger partial charge in [0, 0.05) is 18.0 Å². The molecule has 5 nitrogen and oxygen atoms in total. The van der Waals surface area contributed by atoms with Gasteiger partial charge in [-0.1, -0.05) is 13.8 Å². The molecule has 106 valence electrons. The lowest BCUT2D eigenvalue weighted by molar-refractivity contribution is 0.305. The third kappa shape index (κ3) is 2.65. The van der Waals surface area contributed by atoms with Crippen molar-refractivity contribution in [2.24, 2.45) is 5.41 Å². The molecule has 0 bridgehead atoms. The molecule has 1 atom stereocenters. The van der Waals surface area contributed by atoms with E-state index in [-0.39, 0.29) is 0 Å². The van der Waals surface area contributed by atoms with Crippen molar-refractivity contribution in [2.75, 3.05) is 16.8 Å². The highest BCUT2D eigenvalue weighted by molar-refractivity contribution is 7.99. The number of thioether (sulfide) groups is 1. The van der Waals surface area contributed by atoms with Crippen LogP contribution in [0.4, 0.5) is 5.69 Å². The van der Waals surface area contributed by atoms with Crippen LogP contribution < -0.4 is 5.32 Å². The highest BCUT2D eigenvalue weighted by Gasteiger charge is 2.33. The molecule has 0 saturated carbocycles. The average Bonchev–Trinajstić information content (AvgIpc) is 2.95. The van der Waals surface area contributed by atoms with Crippen LogP contribution >= 0.6 is 11.8 Å². The van der Waals surface area contributed by atoms with E-state index in [2.05, 4.69) is 40.3 Å². The number of hydrogen-bond acceptors (Lipinski definition) is 5. The maximum absolute atomic E-state index is 4.43. The molecular formula is C14H19N5S. The van der Waals surface area contributed by atoms with E-state index < -0.39 is 0 Å². The van der Waals surface area contributed by atoms with Gasteiger partial charge < -0.3 is 5.32 Å². The van der Waals surface area contributed by atoms with Crippen LogP contribution in [0, 0.1) is 5.41 Å². The fraction of sp³-hybridized carbons (Fsp3) is 0.500. The molecule has 1 unspecified atom stereocenters. The number of pyridine rings is 1. The van der Waals surface area contributed by atoms with Crippen LogP contribution in [0.1, 0.15) is 20.3 Å². The van der Waals surface area contributed by atoms with Gasteiger partial charge in [0.1, 0.15) is 12.7 Å². The predicted molar refractivity (Wildman–Crippen MR) is 82.3 cm³/mol. The molecule has 1 N–H and O–H groups in total. The Hall–Kier alpha value is -1.56. The molecule has 3 rings (SSSR count). The first-order valence-corrected chi connectivity index (χ1v) is 7.96. The number of nitrogens with zero attached hydrogens (tertiary/aromatic N) is 4. The largest absolute Gasteiger partial charge is 0.378 e. The van der Waals surface area contributed by atoms with E-state index in [0.29, 0.717) is 11.5 Å². The monoisotopic (exact) mass is 289 g/mol. The minimum Gasteiger partial charge on any atom is -0.378 e. The second kappa shape index (κ2) is 5.44. The van der Waals surface area contributed by atoms with E-state index >= 15 is 0 Å². The zero-order valence-electron chi connectivity index (χ0n) is 11.8. The minimum absolute atomic E-state index is 0.292. The van der Waals surface area contributed by atoms with E-state index in [1.807, 2.05) is 17.8 Å². The van der Waals surface area contributed by atoms with Gasteiger partial charge in [-0.2, -0.15) is 16.9 Å². The molecule has 0 aliphatic carbocycles. The number of rotatable bonds is 3. The summed E-state index contributed by atoms with van der Waals surface area (Å²) in [6.45, 7) is 4.66. The van der Waals surface area contributed by atoms with Crippen molar-refractivity contribution in [1.82, 2.24) is 19.7 Å². The van der Waals surface area contributed by atoms with Crippen LogP contribution in [0.2, 0.25) is 0 Å². The second-order valence-corrected chi connectivity index (χ2v) is 6.87. The number of aromatic nitrogens is 4. The summed E-state index contributed by atoms with van der Waals surface area (Å²) < 4.78 is 1.70. The molecule has 1 aliphatic heterocycles. The van der Waals surface area contributed by atoms with Gasteiger partial charge in [0.2, 0.25) is 0 Å². The summed E-state index contributed by atoms with van der Waals surface area (Å²) in [6, 6.07) is 4.44. The number of hydrogen-bond donors (Lipinski definition) is 1. The SMILES string of the molecule is CC1(C)CCSCC1Nc1cccnc1-n1cncn1. The molecule has 0 amide bonds. The van der Waals surface area contributed by atoms with Crippen LogP contribution in [0.15, 0.2) is 31.0 Å². The Morgan fingerprint density at radius 3 is 3.10 bits per heavy atom. The van der Waals surface area contributed by atoms with Gasteiger partial charge in [-0.15, -0.1) is 0 Å². The summed E-state index contributed by atoms with van der Waals surface area (Å²) in [7, 11) is 0. The summed E-state index contributed by atoms with van der Waals surface area (Å²) in [5.74, 6) is 3.17. The van der Waals surface area contributed by atoms with E-state index in [4.69, 9.17) is 0 Å². The molecule has 1 fully saturated rings. The lowest BCUT2D eigenvalue weighted by atomic mass is 9.82. The molecule has 3 heterocycles. The molecular weight excluding hydrogens is 270 g/mol. The standard InChI is InChI=1S/C14H19N5S/c1-14(2)5-7-20-8-12(14)18-11-4-3-6-16-13(11)19-10-15-9-17-19/h3-4,6,9-10,12,18H,5,7-8H2,1-2H3. The third-order valence-corrected chi connectivity index (χ3v) is 4.93. The van der Waals surface area contributed by atoms with Gasteiger partial charge in [-0.3, -0.25) is 0 Å². The molecule has 1 aliphatic rings. The van der Waals surface area contributed by atoms with Gasteiger partial charge >= 0.3 is 0 Å². The summed E-state index contributed by atoms with van der Waals surface area (Å²) >= 11 is 2.01. The Bertz CT molecular complexity index is 567.